The molecule has 3 aromatic rings. The average molecular weight is 370 g/mol. The van der Waals surface area contributed by atoms with E-state index in [0.717, 1.165) is 0 Å². The van der Waals surface area contributed by atoms with Gasteiger partial charge in [0.25, 0.3) is 5.91 Å². The molecule has 0 unspecified atom stereocenters. The fraction of sp³-hybridized carbons (Fsp3) is 0.105. The molecule has 0 spiro atoms. The summed E-state index contributed by atoms with van der Waals surface area (Å²) in [7, 11) is 0. The number of benzene rings is 2. The Morgan fingerprint density at radius 3 is 2.48 bits per heavy atom. The second-order valence-corrected chi connectivity index (χ2v) is 5.48. The predicted octanol–water partition coefficient (Wildman–Crippen LogP) is 1.51. The maximum Gasteiger partial charge on any atom is 0.322 e. The number of aromatic nitrogens is 1. The monoisotopic (exact) mass is 370 g/mol. The van der Waals surface area contributed by atoms with Gasteiger partial charge in [0, 0.05) is 17.1 Å². The first-order valence-corrected chi connectivity index (χ1v) is 7.84. The molecule has 1 amide bonds. The molecular weight excluding hydrogens is 352 g/mol. The van der Waals surface area contributed by atoms with Gasteiger partial charge >= 0.3 is 5.97 Å². The van der Waals surface area contributed by atoms with Gasteiger partial charge in [-0.05, 0) is 29.7 Å². The summed E-state index contributed by atoms with van der Waals surface area (Å²) >= 11 is 0. The van der Waals surface area contributed by atoms with Crippen LogP contribution in [0.3, 0.4) is 0 Å². The summed E-state index contributed by atoms with van der Waals surface area (Å²) < 4.78 is 5.77. The fourth-order valence-corrected chi connectivity index (χ4v) is 2.55. The first-order chi connectivity index (χ1) is 12.6. The summed E-state index contributed by atoms with van der Waals surface area (Å²) in [6.07, 6.45) is 1.49. The van der Waals surface area contributed by atoms with Gasteiger partial charge in [0.05, 0.1) is 6.61 Å². The molecule has 1 heterocycles. The summed E-state index contributed by atoms with van der Waals surface area (Å²) in [5.74, 6) is -0.528. The zero-order valence-electron chi connectivity index (χ0n) is 14.2. The van der Waals surface area contributed by atoms with Crippen molar-refractivity contribution in [1.29, 1.82) is 0 Å². The van der Waals surface area contributed by atoms with Gasteiger partial charge in [-0.2, -0.15) is 0 Å². The van der Waals surface area contributed by atoms with Crippen molar-refractivity contribution in [3.8, 4) is 11.5 Å². The number of carboxylic acid groups (broad SMARTS) is 1. The standard InChI is InChI=1S/C19H16N2O5.H2O/c22-11-16-15-7-6-14(26-13-4-2-1-3-5-13)8-12(15)9-20-18(16)19(25)21-10-17(23)24;/h1-9,22H,10-11H2,(H,21,25)(H,23,24);1H2. The number of pyridine rings is 1. The number of fused-ring (bicyclic) bond motifs is 1. The first kappa shape index (κ1) is 19.8. The van der Waals surface area contributed by atoms with Crippen molar-refractivity contribution in [3.05, 3.63) is 66.0 Å². The van der Waals surface area contributed by atoms with Crippen LogP contribution in [-0.2, 0) is 11.4 Å². The molecule has 0 radical (unpaired) electrons. The van der Waals surface area contributed by atoms with Crippen LogP contribution >= 0.6 is 0 Å². The number of aliphatic hydroxyl groups is 1. The number of carboxylic acids is 1. The third kappa shape index (κ3) is 4.57. The topological polar surface area (TPSA) is 140 Å². The molecule has 0 aliphatic heterocycles. The zero-order chi connectivity index (χ0) is 18.5. The van der Waals surface area contributed by atoms with Crippen LogP contribution in [0.2, 0.25) is 0 Å². The Hall–Kier alpha value is -3.49. The van der Waals surface area contributed by atoms with Gasteiger partial charge in [-0.3, -0.25) is 14.6 Å². The molecular formula is C19H18N2O6. The highest BCUT2D eigenvalue weighted by atomic mass is 16.5. The maximum atomic E-state index is 12.1. The molecule has 0 aliphatic rings. The Bertz CT molecular complexity index is 959. The normalized spacial score (nSPS) is 10.1. The maximum absolute atomic E-state index is 12.1. The van der Waals surface area contributed by atoms with Crippen LogP contribution in [0, 0.1) is 0 Å². The Kier molecular flexibility index (Phi) is 6.42. The molecule has 0 bridgehead atoms. The number of aliphatic carboxylic acids is 1. The lowest BCUT2D eigenvalue weighted by atomic mass is 10.0. The number of rotatable bonds is 6. The molecule has 0 saturated heterocycles. The molecule has 3 rings (SSSR count). The van der Waals surface area contributed by atoms with Crippen molar-refractivity contribution in [2.24, 2.45) is 0 Å². The van der Waals surface area contributed by atoms with Gasteiger partial charge in [0.1, 0.15) is 23.7 Å². The number of nitrogens with one attached hydrogen (secondary N) is 1. The number of amides is 1. The Labute approximate surface area is 154 Å². The van der Waals surface area contributed by atoms with E-state index in [9.17, 15) is 14.7 Å². The van der Waals surface area contributed by atoms with Crippen LogP contribution in [-0.4, -0.2) is 39.1 Å². The molecule has 27 heavy (non-hydrogen) atoms. The minimum absolute atomic E-state index is 0. The highest BCUT2D eigenvalue weighted by Crippen LogP contribution is 2.28. The summed E-state index contributed by atoms with van der Waals surface area (Å²) in [6, 6.07) is 14.5. The van der Waals surface area contributed by atoms with E-state index in [1.165, 1.54) is 6.20 Å². The van der Waals surface area contributed by atoms with Crippen LogP contribution < -0.4 is 10.1 Å². The molecule has 0 atom stereocenters. The van der Waals surface area contributed by atoms with E-state index in [2.05, 4.69) is 10.3 Å². The lowest BCUT2D eigenvalue weighted by molar-refractivity contribution is -0.135. The largest absolute Gasteiger partial charge is 0.480 e. The van der Waals surface area contributed by atoms with E-state index >= 15 is 0 Å². The zero-order valence-corrected chi connectivity index (χ0v) is 14.2. The molecule has 8 heteroatoms. The van der Waals surface area contributed by atoms with E-state index in [0.29, 0.717) is 27.8 Å². The van der Waals surface area contributed by atoms with Crippen molar-refractivity contribution in [2.75, 3.05) is 6.54 Å². The van der Waals surface area contributed by atoms with E-state index in [-0.39, 0.29) is 11.2 Å². The summed E-state index contributed by atoms with van der Waals surface area (Å²) in [6.45, 7) is -0.924. The van der Waals surface area contributed by atoms with Crippen LogP contribution in [0.1, 0.15) is 16.1 Å². The average Bonchev–Trinajstić information content (AvgIpc) is 2.65. The van der Waals surface area contributed by atoms with Gasteiger partial charge in [0.15, 0.2) is 0 Å². The number of aliphatic hydroxyl groups excluding tert-OH is 1. The van der Waals surface area contributed by atoms with Gasteiger partial charge < -0.3 is 25.7 Å². The van der Waals surface area contributed by atoms with E-state index in [4.69, 9.17) is 9.84 Å². The Morgan fingerprint density at radius 2 is 1.81 bits per heavy atom. The van der Waals surface area contributed by atoms with E-state index in [1.54, 1.807) is 18.2 Å². The summed E-state index contributed by atoms with van der Waals surface area (Å²) in [5, 5.41) is 21.9. The van der Waals surface area contributed by atoms with Crippen molar-refractivity contribution in [1.82, 2.24) is 10.3 Å². The molecule has 140 valence electrons. The van der Waals surface area contributed by atoms with Crippen molar-refractivity contribution >= 4 is 22.6 Å². The minimum atomic E-state index is -1.16. The van der Waals surface area contributed by atoms with Crippen LogP contribution in [0.25, 0.3) is 10.8 Å². The summed E-state index contributed by atoms with van der Waals surface area (Å²) in [5.41, 5.74) is 0.328. The van der Waals surface area contributed by atoms with Crippen LogP contribution in [0.5, 0.6) is 11.5 Å². The smallest absolute Gasteiger partial charge is 0.322 e. The predicted molar refractivity (Wildman–Crippen MR) is 97.8 cm³/mol. The molecule has 8 nitrogen and oxygen atoms in total. The van der Waals surface area contributed by atoms with Crippen LogP contribution in [0.15, 0.2) is 54.7 Å². The Morgan fingerprint density at radius 1 is 1.07 bits per heavy atom. The molecule has 0 fully saturated rings. The second kappa shape index (κ2) is 8.75. The molecule has 1 aromatic heterocycles. The third-order valence-electron chi connectivity index (χ3n) is 3.72. The number of hydrogen-bond acceptors (Lipinski definition) is 5. The lowest BCUT2D eigenvalue weighted by Gasteiger charge is -2.11. The van der Waals surface area contributed by atoms with Gasteiger partial charge in [0.2, 0.25) is 0 Å². The lowest BCUT2D eigenvalue weighted by Crippen LogP contribution is -2.30. The highest BCUT2D eigenvalue weighted by Gasteiger charge is 2.16. The van der Waals surface area contributed by atoms with Crippen molar-refractivity contribution < 1.29 is 30.0 Å². The van der Waals surface area contributed by atoms with E-state index < -0.39 is 25.0 Å². The molecule has 0 aliphatic carbocycles. The van der Waals surface area contributed by atoms with Crippen molar-refractivity contribution in [3.63, 3.8) is 0 Å². The molecule has 0 saturated carbocycles. The van der Waals surface area contributed by atoms with Gasteiger partial charge in [-0.25, -0.2) is 0 Å². The second-order valence-electron chi connectivity index (χ2n) is 5.48. The fourth-order valence-electron chi connectivity index (χ4n) is 2.55. The molecule has 5 N–H and O–H groups in total. The number of carbonyl (C=O) groups excluding carboxylic acids is 1. The van der Waals surface area contributed by atoms with Gasteiger partial charge in [-0.1, -0.05) is 24.3 Å². The third-order valence-corrected chi connectivity index (χ3v) is 3.72. The van der Waals surface area contributed by atoms with E-state index in [1.807, 2.05) is 30.3 Å². The van der Waals surface area contributed by atoms with Crippen LogP contribution in [0.4, 0.5) is 0 Å². The SMILES string of the molecule is O.O=C(O)CNC(=O)c1ncc2cc(Oc3ccccc3)ccc2c1CO. The Balaban J connectivity index is 0.00000261. The first-order valence-electron chi connectivity index (χ1n) is 7.84. The summed E-state index contributed by atoms with van der Waals surface area (Å²) in [4.78, 5) is 26.8. The number of nitrogens with zero attached hydrogens (tertiary/aromatic N) is 1. The number of carbonyl (C=O) groups is 2. The van der Waals surface area contributed by atoms with Gasteiger partial charge in [-0.15, -0.1) is 0 Å². The number of hydrogen-bond donors (Lipinski definition) is 3. The number of para-hydroxylation sites is 1. The minimum Gasteiger partial charge on any atom is -0.480 e. The van der Waals surface area contributed by atoms with Crippen molar-refractivity contribution in [2.45, 2.75) is 6.61 Å². The highest BCUT2D eigenvalue weighted by molar-refractivity contribution is 6.00. The quantitative estimate of drug-likeness (QED) is 0.601. The number of ether oxygens (including phenoxy) is 1. The molecule has 2 aromatic carbocycles.